The highest BCUT2D eigenvalue weighted by Crippen LogP contribution is 2.64. The molecular formula is C14H20N2O3. The van der Waals surface area contributed by atoms with Gasteiger partial charge >= 0.3 is 6.09 Å². The molecule has 3 fully saturated rings. The molecule has 3 aliphatic carbocycles. The minimum absolute atomic E-state index is 0.417. The molecule has 0 unspecified atom stereocenters. The maximum Gasteiger partial charge on any atom is 0.435 e. The highest BCUT2D eigenvalue weighted by molar-refractivity contribution is 5.69. The van der Waals surface area contributed by atoms with Crippen LogP contribution in [0.25, 0.3) is 0 Å². The molecule has 5 nitrogen and oxygen atoms in total. The summed E-state index contributed by atoms with van der Waals surface area (Å²) < 4.78 is 12.1. The number of hydrogen-bond acceptors (Lipinski definition) is 4. The van der Waals surface area contributed by atoms with Gasteiger partial charge in [-0.3, -0.25) is 0 Å². The fourth-order valence-electron chi connectivity index (χ4n) is 2.86. The van der Waals surface area contributed by atoms with Gasteiger partial charge in [0.1, 0.15) is 5.60 Å². The second kappa shape index (κ2) is 3.99. The lowest BCUT2D eigenvalue weighted by atomic mass is 9.45. The van der Waals surface area contributed by atoms with E-state index in [4.69, 9.17) is 9.47 Å². The van der Waals surface area contributed by atoms with Crippen molar-refractivity contribution in [3.8, 4) is 5.88 Å². The minimum Gasteiger partial charge on any atom is -0.476 e. The van der Waals surface area contributed by atoms with Crippen LogP contribution in [0.1, 0.15) is 40.0 Å². The van der Waals surface area contributed by atoms with Crippen LogP contribution in [0, 0.1) is 11.3 Å². The first-order valence-electron chi connectivity index (χ1n) is 6.77. The summed E-state index contributed by atoms with van der Waals surface area (Å²) in [6, 6.07) is 1.70. The van der Waals surface area contributed by atoms with Gasteiger partial charge in [-0.05, 0) is 46.0 Å². The van der Waals surface area contributed by atoms with Gasteiger partial charge in [0.2, 0.25) is 5.88 Å². The summed E-state index contributed by atoms with van der Waals surface area (Å²) in [4.78, 5) is 11.8. The lowest BCUT2D eigenvalue weighted by molar-refractivity contribution is -0.132. The molecule has 19 heavy (non-hydrogen) atoms. The molecule has 1 aromatic rings. The predicted octanol–water partition coefficient (Wildman–Crippen LogP) is 2.85. The number of hydrogen-bond donors (Lipinski definition) is 0. The molecule has 0 saturated heterocycles. The van der Waals surface area contributed by atoms with E-state index in [2.05, 4.69) is 5.10 Å². The van der Waals surface area contributed by atoms with E-state index < -0.39 is 11.7 Å². The topological polar surface area (TPSA) is 53.4 Å². The molecule has 0 spiro atoms. The van der Waals surface area contributed by atoms with Gasteiger partial charge in [-0.25, -0.2) is 4.79 Å². The van der Waals surface area contributed by atoms with Crippen molar-refractivity contribution in [2.75, 3.05) is 6.61 Å². The largest absolute Gasteiger partial charge is 0.476 e. The van der Waals surface area contributed by atoms with Crippen LogP contribution in [-0.4, -0.2) is 28.1 Å². The lowest BCUT2D eigenvalue weighted by Crippen LogP contribution is -2.55. The van der Waals surface area contributed by atoms with Crippen molar-refractivity contribution in [1.29, 1.82) is 0 Å². The van der Waals surface area contributed by atoms with Crippen molar-refractivity contribution in [3.63, 3.8) is 0 Å². The van der Waals surface area contributed by atoms with Crippen molar-refractivity contribution >= 4 is 6.09 Å². The third kappa shape index (κ3) is 2.46. The third-order valence-electron chi connectivity index (χ3n) is 3.84. The summed E-state index contributed by atoms with van der Waals surface area (Å²) in [5.74, 6) is 1.44. The van der Waals surface area contributed by atoms with Gasteiger partial charge in [0.05, 0.1) is 6.61 Å². The maximum absolute atomic E-state index is 11.8. The van der Waals surface area contributed by atoms with Crippen molar-refractivity contribution in [1.82, 2.24) is 9.78 Å². The highest BCUT2D eigenvalue weighted by Gasteiger charge is 2.56. The van der Waals surface area contributed by atoms with E-state index in [-0.39, 0.29) is 0 Å². The molecule has 5 heteroatoms. The second-order valence-electron chi connectivity index (χ2n) is 6.85. The van der Waals surface area contributed by atoms with E-state index >= 15 is 0 Å². The first-order chi connectivity index (χ1) is 8.85. The molecule has 0 aliphatic heterocycles. The van der Waals surface area contributed by atoms with E-state index in [9.17, 15) is 4.79 Å². The fourth-order valence-corrected chi connectivity index (χ4v) is 2.86. The summed E-state index contributed by atoms with van der Waals surface area (Å²) in [7, 11) is 0. The molecule has 3 aliphatic rings. The van der Waals surface area contributed by atoms with E-state index in [0.717, 1.165) is 12.5 Å². The van der Waals surface area contributed by atoms with Crippen molar-refractivity contribution in [3.05, 3.63) is 12.3 Å². The van der Waals surface area contributed by atoms with Crippen LogP contribution in [0.2, 0.25) is 0 Å². The Hall–Kier alpha value is -1.52. The van der Waals surface area contributed by atoms with E-state index in [1.807, 2.05) is 20.8 Å². The Bertz CT molecular complexity index is 484. The Labute approximate surface area is 112 Å². The standard InChI is InChI=1S/C14H20N2O3/c1-13(2,3)19-12(17)16-5-4-11(15-16)18-9-14-6-10(7-14)8-14/h4-5,10H,6-9H2,1-3H3. The van der Waals surface area contributed by atoms with Crippen LogP contribution in [0.4, 0.5) is 4.79 Å². The number of carbonyl (C=O) groups excluding carboxylic acids is 1. The van der Waals surface area contributed by atoms with Gasteiger partial charge in [-0.1, -0.05) is 0 Å². The van der Waals surface area contributed by atoms with Crippen LogP contribution in [0.3, 0.4) is 0 Å². The molecule has 104 valence electrons. The zero-order valence-electron chi connectivity index (χ0n) is 11.7. The maximum atomic E-state index is 11.8. The number of aromatic nitrogens is 2. The van der Waals surface area contributed by atoms with Crippen molar-refractivity contribution < 1.29 is 14.3 Å². The van der Waals surface area contributed by atoms with Gasteiger partial charge in [-0.15, -0.1) is 5.10 Å². The third-order valence-corrected chi connectivity index (χ3v) is 3.84. The second-order valence-corrected chi connectivity index (χ2v) is 6.85. The van der Waals surface area contributed by atoms with Crippen LogP contribution in [0.5, 0.6) is 5.88 Å². The summed E-state index contributed by atoms with van der Waals surface area (Å²) in [6.45, 7) is 6.20. The molecule has 1 heterocycles. The SMILES string of the molecule is CC(C)(C)OC(=O)n1ccc(OCC23CC(C2)C3)n1. The lowest BCUT2D eigenvalue weighted by Gasteiger charge is -2.61. The summed E-state index contributed by atoms with van der Waals surface area (Å²) in [5, 5.41) is 4.09. The average Bonchev–Trinajstić information content (AvgIpc) is 2.59. The van der Waals surface area contributed by atoms with Gasteiger partial charge in [0, 0.05) is 17.7 Å². The summed E-state index contributed by atoms with van der Waals surface area (Å²) >= 11 is 0. The van der Waals surface area contributed by atoms with Gasteiger partial charge in [-0.2, -0.15) is 4.68 Å². The fraction of sp³-hybridized carbons (Fsp3) is 0.714. The van der Waals surface area contributed by atoms with Crippen LogP contribution >= 0.6 is 0 Å². The number of nitrogens with zero attached hydrogens (tertiary/aromatic N) is 2. The first kappa shape index (κ1) is 12.5. The van der Waals surface area contributed by atoms with Crippen molar-refractivity contribution in [2.24, 2.45) is 11.3 Å². The molecule has 0 atom stereocenters. The molecule has 3 saturated carbocycles. The zero-order valence-corrected chi connectivity index (χ0v) is 11.7. The van der Waals surface area contributed by atoms with Crippen LogP contribution in [0.15, 0.2) is 12.3 Å². The number of ether oxygens (including phenoxy) is 2. The predicted molar refractivity (Wildman–Crippen MR) is 69.1 cm³/mol. The van der Waals surface area contributed by atoms with E-state index in [0.29, 0.717) is 11.3 Å². The Morgan fingerprint density at radius 1 is 1.47 bits per heavy atom. The average molecular weight is 264 g/mol. The van der Waals surface area contributed by atoms with Crippen LogP contribution < -0.4 is 4.74 Å². The highest BCUT2D eigenvalue weighted by atomic mass is 16.6. The van der Waals surface area contributed by atoms with Crippen molar-refractivity contribution in [2.45, 2.75) is 45.6 Å². The first-order valence-corrected chi connectivity index (χ1v) is 6.77. The number of carbonyl (C=O) groups is 1. The quantitative estimate of drug-likeness (QED) is 0.842. The van der Waals surface area contributed by atoms with Gasteiger partial charge in [0.15, 0.2) is 0 Å². The van der Waals surface area contributed by atoms with E-state index in [1.54, 1.807) is 12.3 Å². The smallest absolute Gasteiger partial charge is 0.435 e. The molecular weight excluding hydrogens is 244 g/mol. The number of rotatable bonds is 3. The molecule has 0 radical (unpaired) electrons. The molecule has 0 amide bonds. The zero-order chi connectivity index (χ0) is 13.7. The molecule has 2 bridgehead atoms. The Morgan fingerprint density at radius 3 is 2.68 bits per heavy atom. The van der Waals surface area contributed by atoms with E-state index in [1.165, 1.54) is 23.9 Å². The van der Waals surface area contributed by atoms with Gasteiger partial charge < -0.3 is 9.47 Å². The minimum atomic E-state index is -0.518. The Balaban J connectivity index is 1.55. The summed E-state index contributed by atoms with van der Waals surface area (Å²) in [6.07, 6.45) is 4.97. The summed E-state index contributed by atoms with van der Waals surface area (Å²) in [5.41, 5.74) is -0.101. The Morgan fingerprint density at radius 2 is 2.16 bits per heavy atom. The van der Waals surface area contributed by atoms with Gasteiger partial charge in [0.25, 0.3) is 0 Å². The molecule has 4 rings (SSSR count). The monoisotopic (exact) mass is 264 g/mol. The van der Waals surface area contributed by atoms with Crippen LogP contribution in [-0.2, 0) is 4.74 Å². The normalized spacial score (nSPS) is 28.3. The Kier molecular flexibility index (Phi) is 2.62. The molecule has 1 aromatic heterocycles. The molecule has 0 aromatic carbocycles. The molecule has 0 N–H and O–H groups in total.